The number of hydrogen-bond donors (Lipinski definition) is 1. The Morgan fingerprint density at radius 2 is 2.21 bits per heavy atom. The monoisotopic (exact) mass is 200 g/mol. The molecule has 1 aliphatic carbocycles. The number of carboxylic acid groups (broad SMARTS) is 1. The van der Waals surface area contributed by atoms with Crippen molar-refractivity contribution in [2.75, 3.05) is 6.61 Å². The van der Waals surface area contributed by atoms with Crippen LogP contribution in [0.15, 0.2) is 0 Å². The van der Waals surface area contributed by atoms with Crippen LogP contribution in [0, 0.1) is 11.8 Å². The van der Waals surface area contributed by atoms with Gasteiger partial charge in [0.25, 0.3) is 0 Å². The smallest absolute Gasteiger partial charge is 0.309 e. The van der Waals surface area contributed by atoms with E-state index in [1.807, 2.05) is 6.92 Å². The predicted octanol–water partition coefficient (Wildman–Crippen LogP) is 2.30. The van der Waals surface area contributed by atoms with Gasteiger partial charge in [0.1, 0.15) is 0 Å². The predicted molar refractivity (Wildman–Crippen MR) is 54.2 cm³/mol. The highest BCUT2D eigenvalue weighted by Crippen LogP contribution is 2.31. The summed E-state index contributed by atoms with van der Waals surface area (Å²) in [7, 11) is 0. The van der Waals surface area contributed by atoms with Gasteiger partial charge in [-0.25, -0.2) is 0 Å². The van der Waals surface area contributed by atoms with Crippen molar-refractivity contribution in [2.24, 2.45) is 11.8 Å². The molecule has 82 valence electrons. The van der Waals surface area contributed by atoms with Gasteiger partial charge in [0, 0.05) is 6.61 Å². The molecule has 1 saturated carbocycles. The van der Waals surface area contributed by atoms with Gasteiger partial charge in [-0.05, 0) is 31.6 Å². The molecule has 1 N–H and O–H groups in total. The van der Waals surface area contributed by atoms with Gasteiger partial charge in [0.05, 0.1) is 12.0 Å². The second-order valence-electron chi connectivity index (χ2n) is 4.27. The van der Waals surface area contributed by atoms with Gasteiger partial charge < -0.3 is 9.84 Å². The maximum atomic E-state index is 11.0. The minimum absolute atomic E-state index is 0.0591. The number of hydrogen-bond acceptors (Lipinski definition) is 2. The molecule has 0 aromatic rings. The summed E-state index contributed by atoms with van der Waals surface area (Å²) in [6.07, 6.45) is 3.58. The van der Waals surface area contributed by atoms with Crippen molar-refractivity contribution < 1.29 is 14.6 Å². The molecule has 14 heavy (non-hydrogen) atoms. The summed E-state index contributed by atoms with van der Waals surface area (Å²) < 4.78 is 5.60. The second kappa shape index (κ2) is 5.35. The molecule has 0 amide bonds. The fourth-order valence-corrected chi connectivity index (χ4v) is 2.06. The molecule has 0 aliphatic heterocycles. The molecule has 1 fully saturated rings. The zero-order valence-corrected chi connectivity index (χ0v) is 9.03. The molecule has 3 heteroatoms. The summed E-state index contributed by atoms with van der Waals surface area (Å²) in [5.41, 5.74) is 0. The molecule has 0 aromatic heterocycles. The van der Waals surface area contributed by atoms with Crippen LogP contribution in [0.1, 0.15) is 39.5 Å². The van der Waals surface area contributed by atoms with Crippen molar-refractivity contribution in [1.82, 2.24) is 0 Å². The summed E-state index contributed by atoms with van der Waals surface area (Å²) in [4.78, 5) is 11.0. The molecule has 1 aliphatic rings. The van der Waals surface area contributed by atoms with Crippen LogP contribution in [0.4, 0.5) is 0 Å². The van der Waals surface area contributed by atoms with E-state index in [0.717, 1.165) is 25.7 Å². The molecule has 0 aromatic carbocycles. The van der Waals surface area contributed by atoms with Crippen molar-refractivity contribution >= 4 is 5.97 Å². The lowest BCUT2D eigenvalue weighted by Crippen LogP contribution is -2.36. The quantitative estimate of drug-likeness (QED) is 0.757. The molecular formula is C11H20O3. The Bertz CT molecular complexity index is 191. The zero-order valence-electron chi connectivity index (χ0n) is 9.03. The normalized spacial score (nSPS) is 32.9. The van der Waals surface area contributed by atoms with Gasteiger partial charge in [-0.1, -0.05) is 13.8 Å². The zero-order chi connectivity index (χ0) is 10.6. The van der Waals surface area contributed by atoms with Crippen molar-refractivity contribution in [3.63, 3.8) is 0 Å². The SMILES string of the molecule is CCCOC1CC(C)CCC1C(=O)O. The van der Waals surface area contributed by atoms with Crippen molar-refractivity contribution in [3.8, 4) is 0 Å². The summed E-state index contributed by atoms with van der Waals surface area (Å²) in [6.45, 7) is 4.89. The Morgan fingerprint density at radius 1 is 1.50 bits per heavy atom. The van der Waals surface area contributed by atoms with E-state index in [1.54, 1.807) is 0 Å². The Labute approximate surface area is 85.5 Å². The Balaban J connectivity index is 2.50. The number of rotatable bonds is 4. The lowest BCUT2D eigenvalue weighted by Gasteiger charge is -2.32. The third-order valence-corrected chi connectivity index (χ3v) is 2.91. The van der Waals surface area contributed by atoms with E-state index in [9.17, 15) is 4.79 Å². The van der Waals surface area contributed by atoms with Crippen LogP contribution < -0.4 is 0 Å². The van der Waals surface area contributed by atoms with E-state index < -0.39 is 5.97 Å². The van der Waals surface area contributed by atoms with Gasteiger partial charge in [0.15, 0.2) is 0 Å². The Kier molecular flexibility index (Phi) is 4.39. The topological polar surface area (TPSA) is 46.5 Å². The average Bonchev–Trinajstić information content (AvgIpc) is 2.14. The molecule has 3 unspecified atom stereocenters. The number of carboxylic acids is 1. The van der Waals surface area contributed by atoms with Gasteiger partial charge >= 0.3 is 5.97 Å². The van der Waals surface area contributed by atoms with Crippen molar-refractivity contribution in [2.45, 2.75) is 45.6 Å². The second-order valence-corrected chi connectivity index (χ2v) is 4.27. The number of aliphatic carboxylic acids is 1. The van der Waals surface area contributed by atoms with Crippen LogP contribution in [0.25, 0.3) is 0 Å². The minimum Gasteiger partial charge on any atom is -0.481 e. The maximum Gasteiger partial charge on any atom is 0.309 e. The fraction of sp³-hybridized carbons (Fsp3) is 0.909. The largest absolute Gasteiger partial charge is 0.481 e. The van der Waals surface area contributed by atoms with Crippen LogP contribution in [0.3, 0.4) is 0 Å². The van der Waals surface area contributed by atoms with Gasteiger partial charge in [0.2, 0.25) is 0 Å². The van der Waals surface area contributed by atoms with E-state index in [4.69, 9.17) is 9.84 Å². The highest BCUT2D eigenvalue weighted by atomic mass is 16.5. The first-order chi connectivity index (χ1) is 6.65. The standard InChI is InChI=1S/C11H20O3/c1-3-6-14-10-7-8(2)4-5-9(10)11(12)13/h8-10H,3-7H2,1-2H3,(H,12,13). The lowest BCUT2D eigenvalue weighted by atomic mass is 9.80. The third kappa shape index (κ3) is 2.98. The summed E-state index contributed by atoms with van der Waals surface area (Å²) in [5.74, 6) is -0.372. The van der Waals surface area contributed by atoms with Crippen LogP contribution >= 0.6 is 0 Å². The molecule has 0 bridgehead atoms. The number of carbonyl (C=O) groups is 1. The first kappa shape index (κ1) is 11.5. The molecule has 0 radical (unpaired) electrons. The third-order valence-electron chi connectivity index (χ3n) is 2.91. The molecule has 0 spiro atoms. The van der Waals surface area contributed by atoms with E-state index in [-0.39, 0.29) is 12.0 Å². The summed E-state index contributed by atoms with van der Waals surface area (Å²) in [5, 5.41) is 9.01. The first-order valence-corrected chi connectivity index (χ1v) is 5.49. The summed E-state index contributed by atoms with van der Waals surface area (Å²) in [6, 6.07) is 0. The first-order valence-electron chi connectivity index (χ1n) is 5.49. The van der Waals surface area contributed by atoms with Gasteiger partial charge in [-0.2, -0.15) is 0 Å². The average molecular weight is 200 g/mol. The van der Waals surface area contributed by atoms with Crippen molar-refractivity contribution in [3.05, 3.63) is 0 Å². The fourth-order valence-electron chi connectivity index (χ4n) is 2.06. The van der Waals surface area contributed by atoms with E-state index in [2.05, 4.69) is 6.92 Å². The molecule has 0 heterocycles. The van der Waals surface area contributed by atoms with Gasteiger partial charge in [-0.15, -0.1) is 0 Å². The summed E-state index contributed by atoms with van der Waals surface area (Å²) >= 11 is 0. The molecular weight excluding hydrogens is 180 g/mol. The van der Waals surface area contributed by atoms with Crippen molar-refractivity contribution in [1.29, 1.82) is 0 Å². The highest BCUT2D eigenvalue weighted by Gasteiger charge is 2.33. The molecule has 0 saturated heterocycles. The molecule has 3 nitrogen and oxygen atoms in total. The van der Waals surface area contributed by atoms with Gasteiger partial charge in [-0.3, -0.25) is 4.79 Å². The minimum atomic E-state index is -0.696. The maximum absolute atomic E-state index is 11.0. The Morgan fingerprint density at radius 3 is 2.79 bits per heavy atom. The molecule has 1 rings (SSSR count). The van der Waals surface area contributed by atoms with Crippen LogP contribution in [0.5, 0.6) is 0 Å². The molecule has 3 atom stereocenters. The highest BCUT2D eigenvalue weighted by molar-refractivity contribution is 5.70. The lowest BCUT2D eigenvalue weighted by molar-refractivity contribution is -0.150. The number of ether oxygens (including phenoxy) is 1. The van der Waals surface area contributed by atoms with Crippen LogP contribution in [-0.4, -0.2) is 23.8 Å². The van der Waals surface area contributed by atoms with E-state index in [1.165, 1.54) is 0 Å². The Hall–Kier alpha value is -0.570. The van der Waals surface area contributed by atoms with Crippen LogP contribution in [0.2, 0.25) is 0 Å². The van der Waals surface area contributed by atoms with E-state index in [0.29, 0.717) is 12.5 Å². The van der Waals surface area contributed by atoms with Crippen LogP contribution in [-0.2, 0) is 9.53 Å². The van der Waals surface area contributed by atoms with E-state index >= 15 is 0 Å².